The Labute approximate surface area is 87.9 Å². The van der Waals surface area contributed by atoms with E-state index in [4.69, 9.17) is 5.11 Å². The van der Waals surface area contributed by atoms with E-state index in [1.54, 1.807) is 24.3 Å². The molecule has 1 aromatic rings. The minimum atomic E-state index is -0.561. The van der Waals surface area contributed by atoms with E-state index in [2.05, 4.69) is 5.32 Å². The quantitative estimate of drug-likeness (QED) is 0.712. The monoisotopic (exact) mass is 207 g/mol. The maximum Gasteiger partial charge on any atom is 0.287 e. The molecule has 1 aromatic carbocycles. The first-order valence-corrected chi connectivity index (χ1v) is 4.66. The number of ketones is 1. The zero-order valence-electron chi connectivity index (χ0n) is 8.49. The molecule has 0 unspecified atom stereocenters. The highest BCUT2D eigenvalue weighted by Crippen LogP contribution is 2.09. The van der Waals surface area contributed by atoms with Crippen LogP contribution in [0.4, 0.5) is 0 Å². The van der Waals surface area contributed by atoms with E-state index in [1.165, 1.54) is 6.92 Å². The predicted octanol–water partition coefficient (Wildman–Crippen LogP) is 0.640. The Morgan fingerprint density at radius 3 is 2.40 bits per heavy atom. The molecule has 0 saturated heterocycles. The van der Waals surface area contributed by atoms with E-state index >= 15 is 0 Å². The van der Waals surface area contributed by atoms with Gasteiger partial charge in [-0.25, -0.2) is 0 Å². The van der Waals surface area contributed by atoms with Crippen LogP contribution in [0, 0.1) is 0 Å². The molecular weight excluding hydrogens is 194 g/mol. The van der Waals surface area contributed by atoms with Crippen LogP contribution in [0.2, 0.25) is 0 Å². The zero-order valence-corrected chi connectivity index (χ0v) is 8.49. The van der Waals surface area contributed by atoms with Crippen LogP contribution in [0.15, 0.2) is 24.3 Å². The summed E-state index contributed by atoms with van der Waals surface area (Å²) in [4.78, 5) is 21.5. The van der Waals surface area contributed by atoms with E-state index in [9.17, 15) is 9.59 Å². The predicted molar refractivity (Wildman–Crippen MR) is 55.5 cm³/mol. The number of Topliss-reactive ketones (excluding diaryl/α,β-unsaturated/α-hetero) is 1. The number of carbonyl (C=O) groups is 2. The number of amides is 1. The number of aromatic hydroxyl groups is 1. The topological polar surface area (TPSA) is 66.4 Å². The molecule has 0 radical (unpaired) electrons. The van der Waals surface area contributed by atoms with Crippen LogP contribution >= 0.6 is 0 Å². The Bertz CT molecular complexity index is 357. The highest BCUT2D eigenvalue weighted by molar-refractivity contribution is 6.35. The summed E-state index contributed by atoms with van der Waals surface area (Å²) in [5.41, 5.74) is 0.997. The number of benzene rings is 1. The second-order valence-corrected chi connectivity index (χ2v) is 3.23. The van der Waals surface area contributed by atoms with Crippen LogP contribution in [0.1, 0.15) is 12.5 Å². The Morgan fingerprint density at radius 1 is 1.27 bits per heavy atom. The van der Waals surface area contributed by atoms with Crippen LogP contribution in [-0.4, -0.2) is 23.3 Å². The maximum atomic E-state index is 10.9. The highest BCUT2D eigenvalue weighted by Gasteiger charge is 2.05. The lowest BCUT2D eigenvalue weighted by molar-refractivity contribution is -0.136. The van der Waals surface area contributed by atoms with E-state index in [0.717, 1.165) is 5.56 Å². The molecule has 0 aliphatic carbocycles. The van der Waals surface area contributed by atoms with Gasteiger partial charge in [0.1, 0.15) is 5.75 Å². The standard InChI is InChI=1S/C11H13NO3/c1-8(13)11(15)12-7-6-9-2-4-10(14)5-3-9/h2-5,14H,6-7H2,1H3,(H,12,15). The lowest BCUT2D eigenvalue weighted by Crippen LogP contribution is -2.30. The summed E-state index contributed by atoms with van der Waals surface area (Å²) >= 11 is 0. The van der Waals surface area contributed by atoms with Gasteiger partial charge in [0.25, 0.3) is 5.91 Å². The first kappa shape index (κ1) is 11.2. The van der Waals surface area contributed by atoms with Gasteiger partial charge in [-0.1, -0.05) is 12.1 Å². The number of rotatable bonds is 4. The Kier molecular flexibility index (Phi) is 3.85. The van der Waals surface area contributed by atoms with Crippen molar-refractivity contribution in [2.24, 2.45) is 0 Å². The summed E-state index contributed by atoms with van der Waals surface area (Å²) in [6.07, 6.45) is 0.638. The second-order valence-electron chi connectivity index (χ2n) is 3.23. The summed E-state index contributed by atoms with van der Waals surface area (Å²) in [5.74, 6) is -0.832. The molecule has 2 N–H and O–H groups in total. The second kappa shape index (κ2) is 5.14. The van der Waals surface area contributed by atoms with E-state index in [-0.39, 0.29) is 5.75 Å². The number of phenols is 1. The van der Waals surface area contributed by atoms with Gasteiger partial charge in [-0.15, -0.1) is 0 Å². The Hall–Kier alpha value is -1.84. The van der Waals surface area contributed by atoms with Crippen molar-refractivity contribution in [3.8, 4) is 5.75 Å². The smallest absolute Gasteiger partial charge is 0.287 e. The lowest BCUT2D eigenvalue weighted by Gasteiger charge is -2.03. The van der Waals surface area contributed by atoms with Crippen molar-refractivity contribution < 1.29 is 14.7 Å². The van der Waals surface area contributed by atoms with Crippen molar-refractivity contribution in [3.63, 3.8) is 0 Å². The highest BCUT2D eigenvalue weighted by atomic mass is 16.3. The van der Waals surface area contributed by atoms with Gasteiger partial charge in [0.15, 0.2) is 0 Å². The number of nitrogens with one attached hydrogen (secondary N) is 1. The number of carbonyl (C=O) groups excluding carboxylic acids is 2. The zero-order chi connectivity index (χ0) is 11.3. The maximum absolute atomic E-state index is 10.9. The van der Waals surface area contributed by atoms with Crippen molar-refractivity contribution >= 4 is 11.7 Å². The molecule has 4 nitrogen and oxygen atoms in total. The van der Waals surface area contributed by atoms with Gasteiger partial charge >= 0.3 is 0 Å². The molecule has 0 atom stereocenters. The number of hydrogen-bond acceptors (Lipinski definition) is 3. The van der Waals surface area contributed by atoms with Gasteiger partial charge < -0.3 is 10.4 Å². The summed E-state index contributed by atoms with van der Waals surface area (Å²) in [6, 6.07) is 6.72. The molecule has 1 rings (SSSR count). The van der Waals surface area contributed by atoms with Crippen LogP contribution in [0.25, 0.3) is 0 Å². The fourth-order valence-corrected chi connectivity index (χ4v) is 1.11. The molecule has 0 spiro atoms. The first-order chi connectivity index (χ1) is 7.09. The van der Waals surface area contributed by atoms with Crippen molar-refractivity contribution in [1.82, 2.24) is 5.32 Å². The average Bonchev–Trinajstić information content (AvgIpc) is 2.20. The van der Waals surface area contributed by atoms with E-state index in [0.29, 0.717) is 13.0 Å². The molecule has 15 heavy (non-hydrogen) atoms. The minimum Gasteiger partial charge on any atom is -0.508 e. The van der Waals surface area contributed by atoms with Crippen molar-refractivity contribution in [2.75, 3.05) is 6.54 Å². The molecule has 0 aromatic heterocycles. The molecule has 0 heterocycles. The lowest BCUT2D eigenvalue weighted by atomic mass is 10.1. The summed E-state index contributed by atoms with van der Waals surface area (Å²) < 4.78 is 0. The first-order valence-electron chi connectivity index (χ1n) is 4.66. The fraction of sp³-hybridized carbons (Fsp3) is 0.273. The molecule has 0 aliphatic rings. The molecule has 80 valence electrons. The number of hydrogen-bond donors (Lipinski definition) is 2. The minimum absolute atomic E-state index is 0.214. The van der Waals surface area contributed by atoms with Gasteiger partial charge in [0.2, 0.25) is 5.78 Å². The third-order valence-corrected chi connectivity index (χ3v) is 1.96. The van der Waals surface area contributed by atoms with Crippen LogP contribution in [0.3, 0.4) is 0 Å². The normalized spacial score (nSPS) is 9.67. The van der Waals surface area contributed by atoms with Gasteiger partial charge in [-0.2, -0.15) is 0 Å². The molecule has 1 amide bonds. The summed E-state index contributed by atoms with van der Waals surface area (Å²) in [6.45, 7) is 1.65. The van der Waals surface area contributed by atoms with Crippen LogP contribution in [0.5, 0.6) is 5.75 Å². The van der Waals surface area contributed by atoms with Gasteiger partial charge in [-0.05, 0) is 24.1 Å². The SMILES string of the molecule is CC(=O)C(=O)NCCc1ccc(O)cc1. The van der Waals surface area contributed by atoms with Gasteiger partial charge in [0, 0.05) is 13.5 Å². The van der Waals surface area contributed by atoms with Crippen molar-refractivity contribution in [1.29, 1.82) is 0 Å². The Morgan fingerprint density at radius 2 is 1.87 bits per heavy atom. The molecular formula is C11H13NO3. The Balaban J connectivity index is 2.35. The van der Waals surface area contributed by atoms with Gasteiger partial charge in [0.05, 0.1) is 0 Å². The van der Waals surface area contributed by atoms with Gasteiger partial charge in [-0.3, -0.25) is 9.59 Å². The third kappa shape index (κ3) is 3.81. The molecule has 0 fully saturated rings. The summed E-state index contributed by atoms with van der Waals surface area (Å²) in [7, 11) is 0. The van der Waals surface area contributed by atoms with Crippen molar-refractivity contribution in [3.05, 3.63) is 29.8 Å². The largest absolute Gasteiger partial charge is 0.508 e. The molecule has 0 bridgehead atoms. The fourth-order valence-electron chi connectivity index (χ4n) is 1.11. The number of phenolic OH excluding ortho intramolecular Hbond substituents is 1. The summed E-state index contributed by atoms with van der Waals surface area (Å²) in [5, 5.41) is 11.5. The third-order valence-electron chi connectivity index (χ3n) is 1.96. The van der Waals surface area contributed by atoms with E-state index < -0.39 is 11.7 Å². The average molecular weight is 207 g/mol. The molecule has 0 aliphatic heterocycles. The molecule has 4 heteroatoms. The van der Waals surface area contributed by atoms with Crippen LogP contribution in [-0.2, 0) is 16.0 Å². The van der Waals surface area contributed by atoms with Crippen molar-refractivity contribution in [2.45, 2.75) is 13.3 Å². The molecule has 0 saturated carbocycles. The van der Waals surface area contributed by atoms with Crippen LogP contribution < -0.4 is 5.32 Å². The van der Waals surface area contributed by atoms with E-state index in [1.807, 2.05) is 0 Å².